The van der Waals surface area contributed by atoms with Crippen LogP contribution in [0.1, 0.15) is 61.5 Å². The quantitative estimate of drug-likeness (QED) is 0.458. The molecule has 3 aliphatic heterocycles. The summed E-state index contributed by atoms with van der Waals surface area (Å²) >= 11 is 1.79. The van der Waals surface area contributed by atoms with E-state index in [2.05, 4.69) is 57.4 Å². The molecule has 1 aromatic heterocycles. The molecule has 178 valence electrons. The monoisotopic (exact) mass is 466 g/mol. The van der Waals surface area contributed by atoms with Gasteiger partial charge in [0.05, 0.1) is 18.0 Å². The van der Waals surface area contributed by atoms with Gasteiger partial charge < -0.3 is 9.64 Å². The largest absolute Gasteiger partial charge is 0.494 e. The third-order valence-corrected chi connectivity index (χ3v) is 8.15. The number of benzene rings is 1. The predicted molar refractivity (Wildman–Crippen MR) is 137 cm³/mol. The number of hydrazone groups is 1. The lowest BCUT2D eigenvalue weighted by molar-refractivity contribution is 0.178. The summed E-state index contributed by atoms with van der Waals surface area (Å²) in [5.41, 5.74) is 3.67. The number of hydrogen-bond donors (Lipinski definition) is 0. The Kier molecular flexibility index (Phi) is 7.64. The van der Waals surface area contributed by atoms with Crippen molar-refractivity contribution in [3.63, 3.8) is 0 Å². The number of thiophene rings is 1. The van der Waals surface area contributed by atoms with Gasteiger partial charge in [-0.2, -0.15) is 5.10 Å². The molecule has 5 rings (SSSR count). The Hall–Kier alpha value is -1.89. The Morgan fingerprint density at radius 3 is 2.70 bits per heavy atom. The fourth-order valence-electron chi connectivity index (χ4n) is 5.49. The van der Waals surface area contributed by atoms with Gasteiger partial charge in [-0.1, -0.05) is 6.92 Å². The van der Waals surface area contributed by atoms with Gasteiger partial charge >= 0.3 is 0 Å². The van der Waals surface area contributed by atoms with Crippen LogP contribution in [0.5, 0.6) is 5.75 Å². The van der Waals surface area contributed by atoms with Crippen LogP contribution in [0.15, 0.2) is 40.8 Å². The number of fused-ring (bicyclic) bond motifs is 1. The highest BCUT2D eigenvalue weighted by atomic mass is 32.1. The number of nitrogens with zero attached hydrogens (tertiary/aromatic N) is 4. The lowest BCUT2D eigenvalue weighted by Gasteiger charge is -2.28. The van der Waals surface area contributed by atoms with Crippen molar-refractivity contribution in [3.05, 3.63) is 51.7 Å². The molecule has 1 atom stereocenters. The maximum atomic E-state index is 6.11. The van der Waals surface area contributed by atoms with E-state index >= 15 is 0 Å². The van der Waals surface area contributed by atoms with Crippen LogP contribution in [0, 0.1) is 0 Å². The summed E-state index contributed by atoms with van der Waals surface area (Å²) < 4.78 is 6.11. The minimum absolute atomic E-state index is 0.757. The molecule has 0 spiro atoms. The van der Waals surface area contributed by atoms with Crippen LogP contribution in [-0.2, 0) is 6.54 Å². The molecule has 0 N–H and O–H groups in total. The molecule has 0 amide bonds. The highest BCUT2D eigenvalue weighted by molar-refractivity contribution is 7.12. The molecule has 4 heterocycles. The van der Waals surface area contributed by atoms with Crippen molar-refractivity contribution in [2.24, 2.45) is 5.10 Å². The molecule has 5 nitrogen and oxygen atoms in total. The van der Waals surface area contributed by atoms with Gasteiger partial charge in [-0.3, -0.25) is 9.91 Å². The first kappa shape index (κ1) is 22.9. The Bertz CT molecular complexity index is 918. The maximum Gasteiger partial charge on any atom is 0.119 e. The molecular formula is C27H38N4OS. The van der Waals surface area contributed by atoms with E-state index < -0.39 is 0 Å². The smallest absolute Gasteiger partial charge is 0.119 e. The molecule has 3 aliphatic rings. The standard InChI is InChI=1S/C27H38N4OS/c1-2-13-31-20-23-12-19-33-27(23)26(28-31)22-8-10-25(11-9-22)32-18-6-17-30-16-5-7-24(30)21-29-14-3-4-15-29/h8-12,19,24H,2-7,13-18,20-21H2,1H3/t24-/m0/s1. The van der Waals surface area contributed by atoms with Crippen LogP contribution in [0.25, 0.3) is 0 Å². The SMILES string of the molecule is CCCN1Cc2ccsc2C(c2ccc(OCCCN3CCC[C@H]3CN3CCCC3)cc2)=N1. The number of likely N-dealkylation sites (tertiary alicyclic amines) is 2. The fraction of sp³-hybridized carbons (Fsp3) is 0.593. The second-order valence-corrected chi connectivity index (χ2v) is 10.6. The Labute approximate surface area is 203 Å². The maximum absolute atomic E-state index is 6.11. The summed E-state index contributed by atoms with van der Waals surface area (Å²) in [5, 5.41) is 9.34. The van der Waals surface area contributed by atoms with Crippen molar-refractivity contribution in [1.82, 2.24) is 14.8 Å². The van der Waals surface area contributed by atoms with Gasteiger partial charge in [-0.25, -0.2) is 0 Å². The zero-order valence-corrected chi connectivity index (χ0v) is 20.9. The highest BCUT2D eigenvalue weighted by Crippen LogP contribution is 2.28. The average Bonchev–Trinajstić information content (AvgIpc) is 3.60. The van der Waals surface area contributed by atoms with Gasteiger partial charge in [0.2, 0.25) is 0 Å². The van der Waals surface area contributed by atoms with Gasteiger partial charge in [0.15, 0.2) is 0 Å². The Morgan fingerprint density at radius 2 is 1.88 bits per heavy atom. The molecule has 33 heavy (non-hydrogen) atoms. The van der Waals surface area contributed by atoms with Gasteiger partial charge in [-0.05, 0) is 99.4 Å². The molecular weight excluding hydrogens is 428 g/mol. The average molecular weight is 467 g/mol. The second kappa shape index (κ2) is 11.0. The first-order chi connectivity index (χ1) is 16.3. The van der Waals surface area contributed by atoms with E-state index in [4.69, 9.17) is 9.84 Å². The number of hydrogen-bond acceptors (Lipinski definition) is 6. The zero-order valence-electron chi connectivity index (χ0n) is 20.0. The van der Waals surface area contributed by atoms with Crippen molar-refractivity contribution >= 4 is 17.0 Å². The minimum atomic E-state index is 0.757. The van der Waals surface area contributed by atoms with Gasteiger partial charge in [-0.15, -0.1) is 11.3 Å². The first-order valence-corrected chi connectivity index (χ1v) is 13.8. The van der Waals surface area contributed by atoms with E-state index in [1.165, 1.54) is 67.9 Å². The summed E-state index contributed by atoms with van der Waals surface area (Å²) in [4.78, 5) is 6.68. The number of ether oxygens (including phenoxy) is 1. The van der Waals surface area contributed by atoms with Crippen LogP contribution in [-0.4, -0.2) is 72.4 Å². The van der Waals surface area contributed by atoms with Crippen molar-refractivity contribution in [1.29, 1.82) is 0 Å². The minimum Gasteiger partial charge on any atom is -0.494 e. The van der Waals surface area contributed by atoms with E-state index in [0.29, 0.717) is 0 Å². The molecule has 0 radical (unpaired) electrons. The van der Waals surface area contributed by atoms with Crippen LogP contribution in [0.4, 0.5) is 0 Å². The van der Waals surface area contributed by atoms with Crippen LogP contribution >= 0.6 is 11.3 Å². The Morgan fingerprint density at radius 1 is 1.03 bits per heavy atom. The molecule has 0 saturated carbocycles. The van der Waals surface area contributed by atoms with Gasteiger partial charge in [0.25, 0.3) is 0 Å². The van der Waals surface area contributed by atoms with Crippen LogP contribution < -0.4 is 4.74 Å². The van der Waals surface area contributed by atoms with Crippen molar-refractivity contribution in [2.75, 3.05) is 45.9 Å². The van der Waals surface area contributed by atoms with Crippen LogP contribution in [0.2, 0.25) is 0 Å². The van der Waals surface area contributed by atoms with Crippen molar-refractivity contribution < 1.29 is 4.74 Å². The van der Waals surface area contributed by atoms with E-state index in [1.54, 1.807) is 11.3 Å². The Balaban J connectivity index is 1.12. The van der Waals surface area contributed by atoms with E-state index in [0.717, 1.165) is 56.6 Å². The summed E-state index contributed by atoms with van der Waals surface area (Å²) in [6.07, 6.45) is 7.70. The predicted octanol–water partition coefficient (Wildman–Crippen LogP) is 5.06. The van der Waals surface area contributed by atoms with Crippen LogP contribution in [0.3, 0.4) is 0 Å². The molecule has 0 bridgehead atoms. The topological polar surface area (TPSA) is 31.3 Å². The summed E-state index contributed by atoms with van der Waals surface area (Å²) in [6, 6.07) is 11.5. The molecule has 2 saturated heterocycles. The summed E-state index contributed by atoms with van der Waals surface area (Å²) in [6.45, 7) is 11.2. The molecule has 6 heteroatoms. The lowest BCUT2D eigenvalue weighted by Crippen LogP contribution is -2.40. The lowest BCUT2D eigenvalue weighted by atomic mass is 10.0. The highest BCUT2D eigenvalue weighted by Gasteiger charge is 2.27. The summed E-state index contributed by atoms with van der Waals surface area (Å²) in [7, 11) is 0. The fourth-order valence-corrected chi connectivity index (χ4v) is 6.41. The number of rotatable bonds is 10. The third kappa shape index (κ3) is 5.61. The van der Waals surface area contributed by atoms with Crippen molar-refractivity contribution in [2.45, 2.75) is 58.0 Å². The molecule has 2 fully saturated rings. The van der Waals surface area contributed by atoms with E-state index in [1.807, 2.05) is 0 Å². The molecule has 0 unspecified atom stereocenters. The van der Waals surface area contributed by atoms with Crippen molar-refractivity contribution in [3.8, 4) is 5.75 Å². The molecule has 2 aromatic rings. The second-order valence-electron chi connectivity index (χ2n) is 9.68. The first-order valence-electron chi connectivity index (χ1n) is 12.9. The van der Waals surface area contributed by atoms with E-state index in [9.17, 15) is 0 Å². The van der Waals surface area contributed by atoms with E-state index in [-0.39, 0.29) is 0 Å². The van der Waals surface area contributed by atoms with Gasteiger partial charge in [0, 0.05) is 31.2 Å². The molecule has 1 aromatic carbocycles. The molecule has 0 aliphatic carbocycles. The zero-order chi connectivity index (χ0) is 22.5. The van der Waals surface area contributed by atoms with Gasteiger partial charge in [0.1, 0.15) is 11.5 Å². The summed E-state index contributed by atoms with van der Waals surface area (Å²) in [5.74, 6) is 0.960. The normalized spacial score (nSPS) is 21.4. The third-order valence-electron chi connectivity index (χ3n) is 7.19.